The summed E-state index contributed by atoms with van der Waals surface area (Å²) >= 11 is 0. The molecule has 0 spiro atoms. The van der Waals surface area contributed by atoms with E-state index in [-0.39, 0.29) is 36.6 Å². The van der Waals surface area contributed by atoms with Crippen molar-refractivity contribution >= 4 is 12.0 Å². The summed E-state index contributed by atoms with van der Waals surface area (Å²) in [5.74, 6) is 0.684. The lowest BCUT2D eigenvalue weighted by atomic mass is 9.98. The molecule has 0 aromatic heterocycles. The number of aliphatic imine (C=N–C) groups is 1. The van der Waals surface area contributed by atoms with Crippen molar-refractivity contribution in [1.29, 1.82) is 0 Å². The predicted molar refractivity (Wildman–Crippen MR) is 134 cm³/mol. The van der Waals surface area contributed by atoms with Crippen LogP contribution in [0.2, 0.25) is 0 Å². The lowest BCUT2D eigenvalue weighted by molar-refractivity contribution is 0.135. The fraction of sp³-hybridized carbons (Fsp3) is 0.310. The van der Waals surface area contributed by atoms with Gasteiger partial charge in [0.15, 0.2) is 0 Å². The summed E-state index contributed by atoms with van der Waals surface area (Å²) in [5, 5.41) is 3.01. The van der Waals surface area contributed by atoms with E-state index in [1.54, 1.807) is 0 Å². The highest BCUT2D eigenvalue weighted by molar-refractivity contribution is 5.87. The van der Waals surface area contributed by atoms with Gasteiger partial charge in [0.25, 0.3) is 0 Å². The van der Waals surface area contributed by atoms with Crippen LogP contribution in [0.5, 0.6) is 0 Å². The third-order valence-electron chi connectivity index (χ3n) is 6.69. The van der Waals surface area contributed by atoms with Gasteiger partial charge in [-0.05, 0) is 40.7 Å². The van der Waals surface area contributed by atoms with Crippen LogP contribution in [0.3, 0.4) is 0 Å². The molecule has 0 fully saturated rings. The van der Waals surface area contributed by atoms with E-state index in [1.807, 2.05) is 75.4 Å². The van der Waals surface area contributed by atoms with Gasteiger partial charge in [0.05, 0.1) is 6.04 Å². The van der Waals surface area contributed by atoms with Crippen LogP contribution in [0.25, 0.3) is 11.1 Å². The summed E-state index contributed by atoms with van der Waals surface area (Å²) < 4.78 is 12.0. The first-order valence-electron chi connectivity index (χ1n) is 11.9. The molecule has 1 aliphatic carbocycles. The quantitative estimate of drug-likeness (QED) is 0.489. The van der Waals surface area contributed by atoms with Crippen LogP contribution in [0.15, 0.2) is 83.9 Å². The molecule has 1 aliphatic heterocycles. The third-order valence-corrected chi connectivity index (χ3v) is 6.69. The van der Waals surface area contributed by atoms with Crippen LogP contribution in [-0.4, -0.2) is 30.7 Å². The Morgan fingerprint density at radius 3 is 2.15 bits per heavy atom. The number of carbonyl (C=O) groups excluding carboxylic acids is 1. The molecule has 3 aromatic carbocycles. The number of alkyl carbamates (subject to hydrolysis) is 1. The molecule has 174 valence electrons. The minimum atomic E-state index is -0.456. The molecule has 3 aromatic rings. The second-order valence-electron chi connectivity index (χ2n) is 9.35. The maximum atomic E-state index is 12.9. The van der Waals surface area contributed by atoms with Crippen molar-refractivity contribution in [3.8, 4) is 11.1 Å². The highest BCUT2D eigenvalue weighted by Gasteiger charge is 2.36. The summed E-state index contributed by atoms with van der Waals surface area (Å²) in [6.45, 7) is 6.40. The van der Waals surface area contributed by atoms with E-state index in [0.717, 1.165) is 5.56 Å². The van der Waals surface area contributed by atoms with Crippen LogP contribution in [0, 0.1) is 5.92 Å². The van der Waals surface area contributed by atoms with Crippen molar-refractivity contribution in [1.82, 2.24) is 5.32 Å². The second-order valence-corrected chi connectivity index (χ2v) is 9.35. The summed E-state index contributed by atoms with van der Waals surface area (Å²) in [6.07, 6.45) is -0.607. The topological polar surface area (TPSA) is 59.9 Å². The Labute approximate surface area is 200 Å². The SMILES string of the molecule is CC(C)[C@H](NC(=O)OCC1c2ccccc2-c2ccccc21)C1=N[C@H](C)[C@@H](c2ccccc2)O1. The zero-order chi connectivity index (χ0) is 23.7. The Hall–Kier alpha value is -3.60. The largest absolute Gasteiger partial charge is 0.469 e. The molecule has 5 rings (SSSR count). The molecular formula is C29H30N2O3. The molecule has 1 N–H and O–H groups in total. The standard InChI is InChI=1S/C29H30N2O3/c1-18(2)26(28-30-19(3)27(34-28)20-11-5-4-6-12-20)31-29(32)33-17-25-23-15-9-7-13-21(23)22-14-8-10-16-24(22)25/h4-16,18-19,25-27H,17H2,1-3H3,(H,31,32)/t19-,26+,27+/m1/s1. The van der Waals surface area contributed by atoms with Gasteiger partial charge in [-0.25, -0.2) is 9.79 Å². The van der Waals surface area contributed by atoms with Crippen LogP contribution < -0.4 is 5.32 Å². The molecule has 1 amide bonds. The minimum Gasteiger partial charge on any atom is -0.469 e. The number of rotatable bonds is 6. The van der Waals surface area contributed by atoms with Crippen molar-refractivity contribution in [3.63, 3.8) is 0 Å². The number of fused-ring (bicyclic) bond motifs is 3. The molecule has 2 aliphatic rings. The number of nitrogens with zero attached hydrogens (tertiary/aromatic N) is 1. The molecule has 0 unspecified atom stereocenters. The number of hydrogen-bond donors (Lipinski definition) is 1. The van der Waals surface area contributed by atoms with E-state index in [1.165, 1.54) is 22.3 Å². The van der Waals surface area contributed by atoms with Crippen LogP contribution in [-0.2, 0) is 9.47 Å². The highest BCUT2D eigenvalue weighted by atomic mass is 16.6. The monoisotopic (exact) mass is 454 g/mol. The lowest BCUT2D eigenvalue weighted by Crippen LogP contribution is -2.45. The summed E-state index contributed by atoms with van der Waals surface area (Å²) in [6, 6.07) is 26.3. The molecule has 0 radical (unpaired) electrons. The van der Waals surface area contributed by atoms with E-state index in [2.05, 4.69) is 29.6 Å². The Balaban J connectivity index is 1.26. The van der Waals surface area contributed by atoms with E-state index in [0.29, 0.717) is 5.90 Å². The van der Waals surface area contributed by atoms with Gasteiger partial charge in [0.2, 0.25) is 5.90 Å². The van der Waals surface area contributed by atoms with Crippen LogP contribution >= 0.6 is 0 Å². The van der Waals surface area contributed by atoms with Gasteiger partial charge in [-0.3, -0.25) is 0 Å². The molecule has 0 saturated heterocycles. The maximum absolute atomic E-state index is 12.9. The highest BCUT2D eigenvalue weighted by Crippen LogP contribution is 2.44. The van der Waals surface area contributed by atoms with Gasteiger partial charge >= 0.3 is 6.09 Å². The van der Waals surface area contributed by atoms with Gasteiger partial charge in [0.1, 0.15) is 18.8 Å². The predicted octanol–water partition coefficient (Wildman–Crippen LogP) is 6.11. The first kappa shape index (κ1) is 22.2. The first-order chi connectivity index (χ1) is 16.5. The van der Waals surface area contributed by atoms with Crippen LogP contribution in [0.1, 0.15) is 49.5 Å². The molecule has 1 heterocycles. The molecule has 5 nitrogen and oxygen atoms in total. The smallest absolute Gasteiger partial charge is 0.407 e. The summed E-state index contributed by atoms with van der Waals surface area (Å²) in [4.78, 5) is 17.6. The van der Waals surface area contributed by atoms with Gasteiger partial charge in [-0.15, -0.1) is 0 Å². The lowest BCUT2D eigenvalue weighted by Gasteiger charge is -2.23. The van der Waals surface area contributed by atoms with E-state index >= 15 is 0 Å². The summed E-state index contributed by atoms with van der Waals surface area (Å²) in [7, 11) is 0. The van der Waals surface area contributed by atoms with Crippen LogP contribution in [0.4, 0.5) is 4.79 Å². The molecule has 34 heavy (non-hydrogen) atoms. The zero-order valence-electron chi connectivity index (χ0n) is 19.8. The van der Waals surface area contributed by atoms with Gasteiger partial charge in [-0.2, -0.15) is 0 Å². The Morgan fingerprint density at radius 1 is 0.941 bits per heavy atom. The number of ether oxygens (including phenoxy) is 2. The number of amides is 1. The summed E-state index contributed by atoms with van der Waals surface area (Å²) in [5.41, 5.74) is 5.89. The van der Waals surface area contributed by atoms with E-state index in [9.17, 15) is 4.79 Å². The number of benzene rings is 3. The average molecular weight is 455 g/mol. The number of nitrogens with one attached hydrogen (secondary N) is 1. The molecular weight excluding hydrogens is 424 g/mol. The number of hydrogen-bond acceptors (Lipinski definition) is 4. The number of carbonyl (C=O) groups is 1. The van der Waals surface area contributed by atoms with Crippen molar-refractivity contribution < 1.29 is 14.3 Å². The van der Waals surface area contributed by atoms with E-state index in [4.69, 9.17) is 14.5 Å². The van der Waals surface area contributed by atoms with Crippen molar-refractivity contribution in [3.05, 3.63) is 95.6 Å². The average Bonchev–Trinajstić information content (AvgIpc) is 3.39. The van der Waals surface area contributed by atoms with Gasteiger partial charge in [0, 0.05) is 5.92 Å². The normalized spacial score (nSPS) is 19.7. The maximum Gasteiger partial charge on any atom is 0.407 e. The van der Waals surface area contributed by atoms with E-state index < -0.39 is 6.09 Å². The zero-order valence-corrected chi connectivity index (χ0v) is 19.8. The Bertz CT molecular complexity index is 1160. The van der Waals surface area contributed by atoms with Gasteiger partial charge < -0.3 is 14.8 Å². The van der Waals surface area contributed by atoms with Crippen molar-refractivity contribution in [2.75, 3.05) is 6.61 Å². The minimum absolute atomic E-state index is 0.0250. The fourth-order valence-corrected chi connectivity index (χ4v) is 4.95. The Morgan fingerprint density at radius 2 is 1.53 bits per heavy atom. The fourth-order valence-electron chi connectivity index (χ4n) is 4.95. The van der Waals surface area contributed by atoms with Crippen molar-refractivity contribution in [2.45, 2.75) is 44.9 Å². The third kappa shape index (κ3) is 4.18. The molecule has 3 atom stereocenters. The van der Waals surface area contributed by atoms with Gasteiger partial charge in [-0.1, -0.05) is 92.7 Å². The molecule has 0 bridgehead atoms. The molecule has 0 saturated carbocycles. The Kier molecular flexibility index (Phi) is 6.10. The second kappa shape index (κ2) is 9.34. The van der Waals surface area contributed by atoms with Crippen molar-refractivity contribution in [2.24, 2.45) is 10.9 Å². The first-order valence-corrected chi connectivity index (χ1v) is 11.9. The molecule has 5 heteroatoms.